The Labute approximate surface area is 138 Å². The lowest BCUT2D eigenvalue weighted by Crippen LogP contribution is -2.29. The summed E-state index contributed by atoms with van der Waals surface area (Å²) in [5.41, 5.74) is 1.90. The van der Waals surface area contributed by atoms with E-state index in [2.05, 4.69) is 38.5 Å². The summed E-state index contributed by atoms with van der Waals surface area (Å²) in [7, 11) is 0. The molecule has 0 radical (unpaired) electrons. The van der Waals surface area contributed by atoms with Crippen molar-refractivity contribution in [3.63, 3.8) is 0 Å². The van der Waals surface area contributed by atoms with E-state index in [4.69, 9.17) is 0 Å². The van der Waals surface area contributed by atoms with Crippen LogP contribution in [-0.4, -0.2) is 16.7 Å². The van der Waals surface area contributed by atoms with Gasteiger partial charge in [0.2, 0.25) is 0 Å². The molecule has 0 unspecified atom stereocenters. The molecule has 0 aliphatic carbocycles. The first kappa shape index (κ1) is 13.8. The molecule has 0 saturated heterocycles. The lowest BCUT2D eigenvalue weighted by Gasteiger charge is -2.14. The number of hydrogen-bond acceptors (Lipinski definition) is 2. The van der Waals surface area contributed by atoms with Crippen molar-refractivity contribution < 1.29 is 9.59 Å². The summed E-state index contributed by atoms with van der Waals surface area (Å²) in [5, 5.41) is 0. The monoisotopic (exact) mass is 441 g/mol. The van der Waals surface area contributed by atoms with E-state index in [1.165, 1.54) is 4.90 Å². The summed E-state index contributed by atoms with van der Waals surface area (Å²) in [5.74, 6) is -0.448. The van der Waals surface area contributed by atoms with Gasteiger partial charge < -0.3 is 0 Å². The molecule has 0 spiro atoms. The maximum absolute atomic E-state index is 12.4. The molecular weight excluding hydrogens is 433 g/mol. The predicted molar refractivity (Wildman–Crippen MR) is 87.5 cm³/mol. The van der Waals surface area contributed by atoms with E-state index in [1.807, 2.05) is 30.3 Å². The van der Waals surface area contributed by atoms with Crippen molar-refractivity contribution in [3.05, 3.63) is 67.2 Å². The van der Waals surface area contributed by atoms with Gasteiger partial charge in [-0.1, -0.05) is 34.1 Å². The zero-order valence-corrected chi connectivity index (χ0v) is 14.0. The molecule has 100 valence electrons. The number of rotatable bonds is 2. The maximum Gasteiger partial charge on any atom is 0.261 e. The molecular formula is C15H9BrINO2. The summed E-state index contributed by atoms with van der Waals surface area (Å²) in [6.45, 7) is 0.282. The molecule has 1 heterocycles. The number of amides is 2. The number of carbonyl (C=O) groups excluding carboxylic acids is 2. The Hall–Kier alpha value is -1.21. The van der Waals surface area contributed by atoms with E-state index in [-0.39, 0.29) is 18.4 Å². The van der Waals surface area contributed by atoms with Crippen molar-refractivity contribution in [2.24, 2.45) is 0 Å². The summed E-state index contributed by atoms with van der Waals surface area (Å²) < 4.78 is 1.84. The number of nitrogens with zero attached hydrogens (tertiary/aromatic N) is 1. The maximum atomic E-state index is 12.4. The Morgan fingerprint density at radius 1 is 1.00 bits per heavy atom. The second-order valence-corrected chi connectivity index (χ2v) is 6.58. The fourth-order valence-electron chi connectivity index (χ4n) is 2.20. The molecule has 3 rings (SSSR count). The van der Waals surface area contributed by atoms with Crippen molar-refractivity contribution in [3.8, 4) is 0 Å². The largest absolute Gasteiger partial charge is 0.270 e. The molecule has 3 nitrogen and oxygen atoms in total. The zero-order chi connectivity index (χ0) is 14.3. The van der Waals surface area contributed by atoms with Crippen molar-refractivity contribution in [1.82, 2.24) is 4.90 Å². The van der Waals surface area contributed by atoms with Gasteiger partial charge in [-0.05, 0) is 52.4 Å². The van der Waals surface area contributed by atoms with Crippen molar-refractivity contribution in [1.29, 1.82) is 0 Å². The SMILES string of the molecule is O=C1c2ccc(I)cc2C(=O)N1Cc1ccccc1Br. The van der Waals surface area contributed by atoms with Gasteiger partial charge in [-0.2, -0.15) is 0 Å². The third-order valence-corrected chi connectivity index (χ3v) is 4.66. The second kappa shape index (κ2) is 5.29. The summed E-state index contributed by atoms with van der Waals surface area (Å²) in [6, 6.07) is 12.9. The number of carbonyl (C=O) groups is 2. The molecule has 0 N–H and O–H groups in total. The molecule has 5 heteroatoms. The van der Waals surface area contributed by atoms with Crippen molar-refractivity contribution in [2.45, 2.75) is 6.54 Å². The van der Waals surface area contributed by atoms with Crippen molar-refractivity contribution in [2.75, 3.05) is 0 Å². The Balaban J connectivity index is 1.96. The molecule has 0 atom stereocenters. The average molecular weight is 442 g/mol. The minimum Gasteiger partial charge on any atom is -0.270 e. The molecule has 1 aliphatic heterocycles. The van der Waals surface area contributed by atoms with Crippen LogP contribution >= 0.6 is 38.5 Å². The van der Waals surface area contributed by atoms with Crippen LogP contribution in [-0.2, 0) is 6.54 Å². The summed E-state index contributed by atoms with van der Waals surface area (Å²) in [4.78, 5) is 26.0. The zero-order valence-electron chi connectivity index (χ0n) is 10.3. The van der Waals surface area contributed by atoms with E-state index in [0.717, 1.165) is 13.6 Å². The fraction of sp³-hybridized carbons (Fsp3) is 0.0667. The number of benzene rings is 2. The summed E-state index contributed by atoms with van der Waals surface area (Å²) in [6.07, 6.45) is 0. The number of hydrogen-bond donors (Lipinski definition) is 0. The Kier molecular flexibility index (Phi) is 3.64. The van der Waals surface area contributed by atoms with Crippen LogP contribution in [0, 0.1) is 3.57 Å². The van der Waals surface area contributed by atoms with Gasteiger partial charge >= 0.3 is 0 Å². The average Bonchev–Trinajstić information content (AvgIpc) is 2.66. The van der Waals surface area contributed by atoms with Crippen LogP contribution in [0.25, 0.3) is 0 Å². The third-order valence-electron chi connectivity index (χ3n) is 3.22. The van der Waals surface area contributed by atoms with Crippen molar-refractivity contribution >= 4 is 50.3 Å². The molecule has 2 aromatic carbocycles. The molecule has 0 fully saturated rings. The van der Waals surface area contributed by atoms with E-state index < -0.39 is 0 Å². The van der Waals surface area contributed by atoms with E-state index >= 15 is 0 Å². The number of fused-ring (bicyclic) bond motifs is 1. The minimum absolute atomic E-state index is 0.223. The normalized spacial score (nSPS) is 13.8. The van der Waals surface area contributed by atoms with Gasteiger partial charge in [0.1, 0.15) is 0 Å². The van der Waals surface area contributed by atoms with Gasteiger partial charge in [0.15, 0.2) is 0 Å². The lowest BCUT2D eigenvalue weighted by atomic mass is 10.1. The quantitative estimate of drug-likeness (QED) is 0.524. The Bertz CT molecular complexity index is 730. The molecule has 2 aromatic rings. The van der Waals surface area contributed by atoms with Gasteiger partial charge in [0, 0.05) is 8.04 Å². The lowest BCUT2D eigenvalue weighted by molar-refractivity contribution is 0.0642. The first-order valence-corrected chi connectivity index (χ1v) is 7.84. The van der Waals surface area contributed by atoms with E-state index in [1.54, 1.807) is 12.1 Å². The van der Waals surface area contributed by atoms with E-state index in [0.29, 0.717) is 11.1 Å². The van der Waals surface area contributed by atoms with Crippen LogP contribution in [0.15, 0.2) is 46.9 Å². The Morgan fingerprint density at radius 3 is 2.45 bits per heavy atom. The van der Waals surface area contributed by atoms with E-state index in [9.17, 15) is 9.59 Å². The van der Waals surface area contributed by atoms with Gasteiger partial charge in [-0.25, -0.2) is 0 Å². The number of halogens is 2. The molecule has 1 aliphatic rings. The molecule has 0 saturated carbocycles. The highest BCUT2D eigenvalue weighted by atomic mass is 127. The fourth-order valence-corrected chi connectivity index (χ4v) is 3.10. The van der Waals surface area contributed by atoms with Crippen LogP contribution in [0.2, 0.25) is 0 Å². The minimum atomic E-state index is -0.225. The van der Waals surface area contributed by atoms with Gasteiger partial charge in [-0.15, -0.1) is 0 Å². The highest BCUT2D eigenvalue weighted by Crippen LogP contribution is 2.27. The second-order valence-electron chi connectivity index (χ2n) is 4.48. The van der Waals surface area contributed by atoms with Crippen LogP contribution in [0.3, 0.4) is 0 Å². The molecule has 20 heavy (non-hydrogen) atoms. The number of imide groups is 1. The highest BCUT2D eigenvalue weighted by Gasteiger charge is 2.35. The first-order chi connectivity index (χ1) is 9.58. The Morgan fingerprint density at radius 2 is 1.70 bits per heavy atom. The standard InChI is InChI=1S/C15H9BrINO2/c16-13-4-2-1-3-9(13)8-18-14(19)11-6-5-10(17)7-12(11)15(18)20/h1-7H,8H2. The van der Waals surface area contributed by atoms with Gasteiger partial charge in [-0.3, -0.25) is 14.5 Å². The van der Waals surface area contributed by atoms with Crippen LogP contribution in [0.5, 0.6) is 0 Å². The summed E-state index contributed by atoms with van der Waals surface area (Å²) >= 11 is 5.58. The van der Waals surface area contributed by atoms with Gasteiger partial charge in [0.25, 0.3) is 11.8 Å². The molecule has 0 bridgehead atoms. The van der Waals surface area contributed by atoms with Crippen LogP contribution < -0.4 is 0 Å². The van der Waals surface area contributed by atoms with Gasteiger partial charge in [0.05, 0.1) is 17.7 Å². The third kappa shape index (κ3) is 2.29. The molecule has 2 amide bonds. The highest BCUT2D eigenvalue weighted by molar-refractivity contribution is 14.1. The first-order valence-electron chi connectivity index (χ1n) is 5.97. The smallest absolute Gasteiger partial charge is 0.261 e. The molecule has 0 aromatic heterocycles. The van der Waals surface area contributed by atoms with Crippen LogP contribution in [0.1, 0.15) is 26.3 Å². The van der Waals surface area contributed by atoms with Crippen LogP contribution in [0.4, 0.5) is 0 Å². The topological polar surface area (TPSA) is 37.4 Å². The predicted octanol–water partition coefficient (Wildman–Crippen LogP) is 3.85.